The maximum absolute atomic E-state index is 8.77. The van der Waals surface area contributed by atoms with Crippen LogP contribution in [0, 0.1) is 22.7 Å². The Morgan fingerprint density at radius 2 is 1.25 bits per heavy atom. The van der Waals surface area contributed by atoms with Crippen LogP contribution in [0.25, 0.3) is 0 Å². The van der Waals surface area contributed by atoms with Gasteiger partial charge in [0.1, 0.15) is 0 Å². The number of nitriles is 2. The van der Waals surface area contributed by atoms with Gasteiger partial charge in [-0.05, 0) is 0 Å². The summed E-state index contributed by atoms with van der Waals surface area (Å²) in [6.45, 7) is 0. The Bertz CT molecular complexity index is 634. The van der Waals surface area contributed by atoms with Crippen LogP contribution in [0.1, 0.15) is 12.8 Å². The molecule has 0 amide bonds. The molecule has 3 rings (SSSR count). The molecule has 10 heteroatoms. The van der Waals surface area contributed by atoms with Gasteiger partial charge in [-0.2, -0.15) is 0 Å². The molecule has 0 aliphatic carbocycles. The summed E-state index contributed by atoms with van der Waals surface area (Å²) in [5.41, 5.74) is 0. The minimum absolute atomic E-state index is 0.589. The molecule has 0 saturated carbocycles. The zero-order valence-corrected chi connectivity index (χ0v) is 20.7. The van der Waals surface area contributed by atoms with Crippen molar-refractivity contribution < 1.29 is 0 Å². The van der Waals surface area contributed by atoms with Crippen LogP contribution in [-0.2, 0) is 0 Å². The standard InChI is InChI=1S/C14H12N2S6Se2/c15-3-1-5-17-9-10(18-6-2-4-16)20-11(19-9)12-21-13-14(22-12)24-8-7-23-13/h1-2,5-8H2. The van der Waals surface area contributed by atoms with Gasteiger partial charge >= 0.3 is 183 Å². The van der Waals surface area contributed by atoms with Crippen molar-refractivity contribution in [1.29, 1.82) is 10.5 Å². The predicted molar refractivity (Wildman–Crippen MR) is 118 cm³/mol. The summed E-state index contributed by atoms with van der Waals surface area (Å²) in [6.07, 6.45) is 1.18. The molecular formula is C14H12N2S6Se2. The van der Waals surface area contributed by atoms with Crippen molar-refractivity contribution >= 4 is 100 Å². The quantitative estimate of drug-likeness (QED) is 0.296. The third kappa shape index (κ3) is 5.42. The van der Waals surface area contributed by atoms with Crippen molar-refractivity contribution in [3.8, 4) is 12.1 Å². The van der Waals surface area contributed by atoms with Crippen molar-refractivity contribution in [3.05, 3.63) is 24.6 Å². The summed E-state index contributed by atoms with van der Waals surface area (Å²) >= 11 is 12.8. The van der Waals surface area contributed by atoms with Crippen molar-refractivity contribution in [2.24, 2.45) is 0 Å². The molecule has 0 atom stereocenters. The zero-order chi connectivity index (χ0) is 16.8. The van der Waals surface area contributed by atoms with Gasteiger partial charge in [0.25, 0.3) is 0 Å². The van der Waals surface area contributed by atoms with Gasteiger partial charge in [0.05, 0.1) is 0 Å². The molecule has 3 heterocycles. The summed E-state index contributed by atoms with van der Waals surface area (Å²) in [5.74, 6) is 1.71. The van der Waals surface area contributed by atoms with Crippen LogP contribution < -0.4 is 0 Å². The Morgan fingerprint density at radius 1 is 0.792 bits per heavy atom. The molecule has 0 N–H and O–H groups in total. The predicted octanol–water partition coefficient (Wildman–Crippen LogP) is 5.88. The zero-order valence-electron chi connectivity index (χ0n) is 12.4. The molecule has 24 heavy (non-hydrogen) atoms. The molecule has 3 aliphatic heterocycles. The Kier molecular flexibility index (Phi) is 8.88. The van der Waals surface area contributed by atoms with Gasteiger partial charge in [-0.25, -0.2) is 0 Å². The second-order valence-corrected chi connectivity index (χ2v) is 17.5. The number of rotatable bonds is 6. The first kappa shape index (κ1) is 20.1. The second-order valence-electron chi connectivity index (χ2n) is 4.34. The van der Waals surface area contributed by atoms with Crippen LogP contribution in [-0.4, -0.2) is 41.4 Å². The van der Waals surface area contributed by atoms with Gasteiger partial charge in [-0.15, -0.1) is 0 Å². The molecule has 0 bridgehead atoms. The third-order valence-electron chi connectivity index (χ3n) is 2.69. The molecular weight excluding hydrogens is 546 g/mol. The Morgan fingerprint density at radius 3 is 1.71 bits per heavy atom. The number of hydrogen-bond donors (Lipinski definition) is 0. The molecule has 0 radical (unpaired) electrons. The Balaban J connectivity index is 1.67. The van der Waals surface area contributed by atoms with Gasteiger partial charge in [0.2, 0.25) is 0 Å². The number of thioether (sulfide) groups is 6. The second kappa shape index (κ2) is 10.6. The first-order valence-corrected chi connectivity index (χ1v) is 16.4. The third-order valence-corrected chi connectivity index (χ3v) is 19.4. The van der Waals surface area contributed by atoms with Gasteiger partial charge in [-0.1, -0.05) is 0 Å². The number of hydrogen-bond acceptors (Lipinski definition) is 8. The topological polar surface area (TPSA) is 47.6 Å². The van der Waals surface area contributed by atoms with Crippen LogP contribution in [0.2, 0.25) is 10.6 Å². The van der Waals surface area contributed by atoms with Crippen molar-refractivity contribution in [2.75, 3.05) is 11.5 Å². The van der Waals surface area contributed by atoms with Crippen molar-refractivity contribution in [2.45, 2.75) is 23.5 Å². The molecule has 0 unspecified atom stereocenters. The molecule has 126 valence electrons. The van der Waals surface area contributed by atoms with E-state index < -0.39 is 0 Å². The molecule has 0 aromatic rings. The van der Waals surface area contributed by atoms with Crippen LogP contribution >= 0.6 is 70.6 Å². The minimum atomic E-state index is 0.589. The van der Waals surface area contributed by atoms with Crippen molar-refractivity contribution in [3.63, 3.8) is 0 Å². The van der Waals surface area contributed by atoms with Crippen LogP contribution in [0.4, 0.5) is 0 Å². The van der Waals surface area contributed by atoms with E-state index in [0.717, 1.165) is 11.5 Å². The molecule has 0 spiro atoms. The van der Waals surface area contributed by atoms with Crippen LogP contribution in [0.3, 0.4) is 0 Å². The van der Waals surface area contributed by atoms with Gasteiger partial charge < -0.3 is 0 Å². The normalized spacial score (nSPS) is 20.4. The van der Waals surface area contributed by atoms with Gasteiger partial charge in [-0.3, -0.25) is 0 Å². The van der Waals surface area contributed by atoms with Crippen LogP contribution in [0.5, 0.6) is 0 Å². The number of nitrogens with zero attached hydrogens (tertiary/aromatic N) is 2. The molecule has 2 nitrogen and oxygen atoms in total. The Labute approximate surface area is 180 Å². The van der Waals surface area contributed by atoms with E-state index in [2.05, 4.69) is 12.1 Å². The first-order chi connectivity index (χ1) is 11.8. The summed E-state index contributed by atoms with van der Waals surface area (Å²) in [6, 6.07) is 4.45. The summed E-state index contributed by atoms with van der Waals surface area (Å²) < 4.78 is 8.95. The average Bonchev–Trinajstić information content (AvgIpc) is 3.19. The fourth-order valence-corrected chi connectivity index (χ4v) is 19.0. The van der Waals surface area contributed by atoms with Gasteiger partial charge in [0.15, 0.2) is 0 Å². The fourth-order valence-electron chi connectivity index (χ4n) is 1.71. The summed E-state index contributed by atoms with van der Waals surface area (Å²) in [5, 5.41) is 20.4. The van der Waals surface area contributed by atoms with Crippen molar-refractivity contribution in [1.82, 2.24) is 0 Å². The monoisotopic (exact) mass is 560 g/mol. The first-order valence-electron chi connectivity index (χ1n) is 7.01. The van der Waals surface area contributed by atoms with E-state index in [1.165, 1.54) is 27.6 Å². The van der Waals surface area contributed by atoms with Crippen LogP contribution in [0.15, 0.2) is 24.6 Å². The summed E-state index contributed by atoms with van der Waals surface area (Å²) in [7, 11) is 0. The average molecular weight is 559 g/mol. The SMILES string of the molecule is N#CCCSC1=C(SCCC#N)SC(=C2SC3=C(S2)[Se]CC[Se]3)S1. The molecule has 0 saturated heterocycles. The summed E-state index contributed by atoms with van der Waals surface area (Å²) in [4.78, 5) is 0. The molecule has 3 aliphatic rings. The van der Waals surface area contributed by atoms with E-state index in [0.29, 0.717) is 42.8 Å². The van der Waals surface area contributed by atoms with E-state index in [9.17, 15) is 0 Å². The molecule has 0 aromatic heterocycles. The molecule has 0 aromatic carbocycles. The van der Waals surface area contributed by atoms with E-state index in [1.807, 2.05) is 47.0 Å². The van der Waals surface area contributed by atoms with E-state index in [4.69, 9.17) is 10.5 Å². The Hall–Kier alpha value is 1.34. The maximum atomic E-state index is 8.77. The van der Waals surface area contributed by atoms with Gasteiger partial charge in [0, 0.05) is 0 Å². The van der Waals surface area contributed by atoms with E-state index >= 15 is 0 Å². The van der Waals surface area contributed by atoms with E-state index in [-0.39, 0.29) is 0 Å². The molecule has 0 fully saturated rings. The van der Waals surface area contributed by atoms with E-state index in [1.54, 1.807) is 31.1 Å². The fraction of sp³-hybridized carbons (Fsp3) is 0.429.